The van der Waals surface area contributed by atoms with Gasteiger partial charge in [-0.25, -0.2) is 14.8 Å². The van der Waals surface area contributed by atoms with Crippen molar-refractivity contribution in [3.05, 3.63) is 41.7 Å². The van der Waals surface area contributed by atoms with Crippen molar-refractivity contribution in [2.24, 2.45) is 0 Å². The summed E-state index contributed by atoms with van der Waals surface area (Å²) in [6.45, 7) is 4.34. The van der Waals surface area contributed by atoms with Crippen molar-refractivity contribution in [2.45, 2.75) is 32.4 Å². The number of alkyl halides is 3. The Hall–Kier alpha value is -3.04. The molecule has 0 bridgehead atoms. The SMILES string of the molecule is Cc1nc(NCCNC(=O)Nc2ccccc2C(F)(F)F)cc(N2CCCCC2)n1. The summed E-state index contributed by atoms with van der Waals surface area (Å²) in [5.74, 6) is 2.17. The van der Waals surface area contributed by atoms with Gasteiger partial charge in [0, 0.05) is 32.2 Å². The average molecular weight is 422 g/mol. The molecule has 1 saturated heterocycles. The van der Waals surface area contributed by atoms with Crippen LogP contribution in [0, 0.1) is 6.92 Å². The lowest BCUT2D eigenvalue weighted by atomic mass is 10.1. The maximum Gasteiger partial charge on any atom is 0.418 e. The first kappa shape index (κ1) is 21.7. The van der Waals surface area contributed by atoms with Crippen LogP contribution in [0.25, 0.3) is 0 Å². The number of nitrogens with one attached hydrogen (secondary N) is 3. The zero-order valence-electron chi connectivity index (χ0n) is 16.7. The van der Waals surface area contributed by atoms with Gasteiger partial charge in [0.25, 0.3) is 0 Å². The first-order valence-electron chi connectivity index (χ1n) is 9.88. The summed E-state index contributed by atoms with van der Waals surface area (Å²) >= 11 is 0. The lowest BCUT2D eigenvalue weighted by Gasteiger charge is -2.28. The summed E-state index contributed by atoms with van der Waals surface area (Å²) in [6, 6.07) is 6.02. The Bertz CT molecular complexity index is 868. The average Bonchev–Trinajstić information content (AvgIpc) is 2.71. The number of carbonyl (C=O) groups excluding carboxylic acids is 1. The first-order valence-corrected chi connectivity index (χ1v) is 9.88. The lowest BCUT2D eigenvalue weighted by Crippen LogP contribution is -2.33. The van der Waals surface area contributed by atoms with Crippen molar-refractivity contribution in [3.63, 3.8) is 0 Å². The quantitative estimate of drug-likeness (QED) is 0.613. The van der Waals surface area contributed by atoms with Crippen molar-refractivity contribution in [1.29, 1.82) is 0 Å². The molecule has 162 valence electrons. The zero-order valence-corrected chi connectivity index (χ0v) is 16.7. The van der Waals surface area contributed by atoms with Crippen LogP contribution in [-0.4, -0.2) is 42.2 Å². The van der Waals surface area contributed by atoms with Crippen LogP contribution >= 0.6 is 0 Å². The standard InChI is InChI=1S/C20H25F3N6O/c1-14-26-17(13-18(27-14)29-11-5-2-6-12-29)24-9-10-25-19(30)28-16-8-4-3-7-15(16)20(21,22)23/h3-4,7-8,13H,2,5-6,9-12H2,1H3,(H,24,26,27)(H2,25,28,30). The third-order valence-corrected chi connectivity index (χ3v) is 4.70. The van der Waals surface area contributed by atoms with Gasteiger partial charge < -0.3 is 20.9 Å². The Morgan fingerprint density at radius 1 is 1.10 bits per heavy atom. The third kappa shape index (κ3) is 5.98. The number of halogens is 3. The Morgan fingerprint density at radius 2 is 1.83 bits per heavy atom. The van der Waals surface area contributed by atoms with Crippen molar-refractivity contribution in [2.75, 3.05) is 41.7 Å². The van der Waals surface area contributed by atoms with E-state index in [9.17, 15) is 18.0 Å². The largest absolute Gasteiger partial charge is 0.418 e. The van der Waals surface area contributed by atoms with E-state index in [0.717, 1.165) is 37.8 Å². The highest BCUT2D eigenvalue weighted by molar-refractivity contribution is 5.90. The van der Waals surface area contributed by atoms with Gasteiger partial charge in [0.1, 0.15) is 17.5 Å². The van der Waals surface area contributed by atoms with Gasteiger partial charge in [0.15, 0.2) is 0 Å². The minimum absolute atomic E-state index is 0.210. The summed E-state index contributed by atoms with van der Waals surface area (Å²) < 4.78 is 39.0. The van der Waals surface area contributed by atoms with Crippen LogP contribution in [0.3, 0.4) is 0 Å². The van der Waals surface area contributed by atoms with Crippen LogP contribution in [0.1, 0.15) is 30.7 Å². The number of hydrogen-bond donors (Lipinski definition) is 3. The van der Waals surface area contributed by atoms with Gasteiger partial charge in [-0.3, -0.25) is 0 Å². The fraction of sp³-hybridized carbons (Fsp3) is 0.450. The molecule has 7 nitrogen and oxygen atoms in total. The first-order chi connectivity index (χ1) is 14.3. The van der Waals surface area contributed by atoms with Gasteiger partial charge in [-0.05, 0) is 38.3 Å². The number of urea groups is 1. The highest BCUT2D eigenvalue weighted by Gasteiger charge is 2.33. The number of aryl methyl sites for hydroxylation is 1. The minimum Gasteiger partial charge on any atom is -0.368 e. The van der Waals surface area contributed by atoms with Crippen molar-refractivity contribution < 1.29 is 18.0 Å². The van der Waals surface area contributed by atoms with E-state index in [4.69, 9.17) is 0 Å². The van der Waals surface area contributed by atoms with E-state index >= 15 is 0 Å². The predicted octanol–water partition coefficient (Wildman–Crippen LogP) is 4.03. The van der Waals surface area contributed by atoms with E-state index in [1.807, 2.05) is 13.0 Å². The van der Waals surface area contributed by atoms with Crippen LogP contribution in [0.2, 0.25) is 0 Å². The fourth-order valence-electron chi connectivity index (χ4n) is 3.30. The molecule has 0 aliphatic carbocycles. The predicted molar refractivity (Wildman–Crippen MR) is 110 cm³/mol. The summed E-state index contributed by atoms with van der Waals surface area (Å²) in [4.78, 5) is 23.0. The molecule has 0 radical (unpaired) electrons. The number of nitrogens with zero attached hydrogens (tertiary/aromatic N) is 3. The number of para-hydroxylation sites is 1. The van der Waals surface area contributed by atoms with E-state index in [1.54, 1.807) is 0 Å². The van der Waals surface area contributed by atoms with E-state index in [1.165, 1.54) is 24.6 Å². The summed E-state index contributed by atoms with van der Waals surface area (Å²) in [5.41, 5.74) is -1.17. The number of rotatable bonds is 6. The van der Waals surface area contributed by atoms with E-state index < -0.39 is 17.8 Å². The summed E-state index contributed by atoms with van der Waals surface area (Å²) in [7, 11) is 0. The second-order valence-electron chi connectivity index (χ2n) is 7.06. The maximum absolute atomic E-state index is 13.0. The molecule has 30 heavy (non-hydrogen) atoms. The van der Waals surface area contributed by atoms with Crippen LogP contribution in [0.15, 0.2) is 30.3 Å². The van der Waals surface area contributed by atoms with E-state index in [-0.39, 0.29) is 12.2 Å². The number of benzene rings is 1. The molecule has 0 spiro atoms. The monoisotopic (exact) mass is 422 g/mol. The molecule has 1 aliphatic rings. The number of amides is 2. The Labute approximate surface area is 173 Å². The van der Waals surface area contributed by atoms with Crippen LogP contribution in [0.4, 0.5) is 35.3 Å². The van der Waals surface area contributed by atoms with Gasteiger partial charge in [0.2, 0.25) is 0 Å². The molecular formula is C20H25F3N6O. The maximum atomic E-state index is 13.0. The fourth-order valence-corrected chi connectivity index (χ4v) is 3.30. The molecule has 1 aromatic carbocycles. The van der Waals surface area contributed by atoms with Gasteiger partial charge in [-0.15, -0.1) is 0 Å². The van der Waals surface area contributed by atoms with Gasteiger partial charge in [-0.1, -0.05) is 12.1 Å². The normalized spacial score (nSPS) is 14.3. The molecule has 0 unspecified atom stereocenters. The highest BCUT2D eigenvalue weighted by atomic mass is 19.4. The molecule has 1 fully saturated rings. The number of aromatic nitrogens is 2. The molecule has 10 heteroatoms. The Balaban J connectivity index is 1.49. The molecule has 2 heterocycles. The van der Waals surface area contributed by atoms with Gasteiger partial charge >= 0.3 is 12.2 Å². The molecule has 2 aromatic rings. The van der Waals surface area contributed by atoms with Crippen molar-refractivity contribution in [1.82, 2.24) is 15.3 Å². The van der Waals surface area contributed by atoms with Crippen molar-refractivity contribution in [3.8, 4) is 0 Å². The van der Waals surface area contributed by atoms with E-state index in [0.29, 0.717) is 18.2 Å². The highest BCUT2D eigenvalue weighted by Crippen LogP contribution is 2.34. The molecule has 3 rings (SSSR count). The molecule has 0 atom stereocenters. The molecule has 0 saturated carbocycles. The zero-order chi connectivity index (χ0) is 21.6. The van der Waals surface area contributed by atoms with Crippen LogP contribution in [0.5, 0.6) is 0 Å². The third-order valence-electron chi connectivity index (χ3n) is 4.70. The van der Waals surface area contributed by atoms with Crippen molar-refractivity contribution >= 4 is 23.4 Å². The lowest BCUT2D eigenvalue weighted by molar-refractivity contribution is -0.136. The molecule has 1 aromatic heterocycles. The topological polar surface area (TPSA) is 82.2 Å². The van der Waals surface area contributed by atoms with Gasteiger partial charge in [0.05, 0.1) is 11.3 Å². The molecule has 3 N–H and O–H groups in total. The Kier molecular flexibility index (Phi) is 6.96. The summed E-state index contributed by atoms with van der Waals surface area (Å²) in [6.07, 6.45) is -1.03. The second kappa shape index (κ2) is 9.64. The number of anilines is 3. The van der Waals surface area contributed by atoms with Crippen LogP contribution in [-0.2, 0) is 6.18 Å². The molecular weight excluding hydrogens is 397 g/mol. The second-order valence-corrected chi connectivity index (χ2v) is 7.06. The Morgan fingerprint density at radius 3 is 2.57 bits per heavy atom. The summed E-state index contributed by atoms with van der Waals surface area (Å²) in [5, 5.41) is 7.91. The number of hydrogen-bond acceptors (Lipinski definition) is 5. The van der Waals surface area contributed by atoms with Gasteiger partial charge in [-0.2, -0.15) is 13.2 Å². The number of carbonyl (C=O) groups is 1. The van der Waals surface area contributed by atoms with E-state index in [2.05, 4.69) is 30.8 Å². The smallest absolute Gasteiger partial charge is 0.368 e. The molecule has 1 aliphatic heterocycles. The van der Waals surface area contributed by atoms with Crippen LogP contribution < -0.4 is 20.9 Å². The number of piperidine rings is 1. The minimum atomic E-state index is -4.54. The molecule has 2 amide bonds.